The molecule has 0 saturated carbocycles. The van der Waals surface area contributed by atoms with Crippen LogP contribution in [0.3, 0.4) is 0 Å². The molecule has 1 heteroatoms. The largest absolute Gasteiger partial charge is 0.299 e. The van der Waals surface area contributed by atoms with Crippen molar-refractivity contribution >= 4 is 12.4 Å². The maximum Gasteiger partial charge on any atom is 0.142 e. The smallest absolute Gasteiger partial charge is 0.142 e. The first-order valence-corrected chi connectivity index (χ1v) is 6.46. The first kappa shape index (κ1) is 13.3. The number of carbonyl (C=O) groups excluding carboxylic acids is 1. The van der Waals surface area contributed by atoms with Crippen LogP contribution in [0.1, 0.15) is 27.8 Å². The van der Waals surface area contributed by atoms with Gasteiger partial charge in [0.15, 0.2) is 0 Å². The minimum absolute atomic E-state index is 0.778. The van der Waals surface area contributed by atoms with E-state index in [9.17, 15) is 4.79 Å². The van der Waals surface area contributed by atoms with E-state index in [0.717, 1.165) is 11.8 Å². The molecular formula is C18H18O. The fourth-order valence-electron chi connectivity index (χ4n) is 1.94. The molecule has 0 bridgehead atoms. The zero-order valence-corrected chi connectivity index (χ0v) is 11.4. The summed E-state index contributed by atoms with van der Waals surface area (Å²) in [5.41, 5.74) is 6.87. The van der Waals surface area contributed by atoms with Crippen molar-refractivity contribution in [1.29, 1.82) is 0 Å². The highest BCUT2D eigenvalue weighted by atomic mass is 16.1. The average molecular weight is 250 g/mol. The molecule has 0 amide bonds. The highest BCUT2D eigenvalue weighted by Gasteiger charge is 2.16. The molecule has 3 rings (SSSR count). The van der Waals surface area contributed by atoms with E-state index in [4.69, 9.17) is 0 Å². The monoisotopic (exact) mass is 250 g/mol. The Balaban J connectivity index is 0.000000146. The minimum Gasteiger partial charge on any atom is -0.299 e. The Labute approximate surface area is 114 Å². The Hall–Kier alpha value is -2.15. The number of hydrogen-bond donors (Lipinski definition) is 0. The van der Waals surface area contributed by atoms with Gasteiger partial charge in [-0.15, -0.1) is 0 Å². The number of allylic oxidation sites excluding steroid dienone is 1. The summed E-state index contributed by atoms with van der Waals surface area (Å²) >= 11 is 0. The second kappa shape index (κ2) is 6.14. The first-order valence-electron chi connectivity index (χ1n) is 6.46. The van der Waals surface area contributed by atoms with Gasteiger partial charge in [-0.3, -0.25) is 4.79 Å². The molecule has 2 aromatic carbocycles. The second-order valence-electron chi connectivity index (χ2n) is 4.80. The maximum absolute atomic E-state index is 9.96. The molecule has 1 aliphatic carbocycles. The third-order valence-electron chi connectivity index (χ3n) is 3.19. The molecule has 0 aromatic heterocycles. The number of benzene rings is 2. The van der Waals surface area contributed by atoms with Crippen molar-refractivity contribution in [3.8, 4) is 0 Å². The Morgan fingerprint density at radius 2 is 1.74 bits per heavy atom. The molecule has 0 radical (unpaired) electrons. The van der Waals surface area contributed by atoms with Crippen molar-refractivity contribution in [1.82, 2.24) is 0 Å². The zero-order chi connectivity index (χ0) is 13.7. The van der Waals surface area contributed by atoms with Gasteiger partial charge in [-0.05, 0) is 48.6 Å². The fraction of sp³-hybridized carbons (Fsp3) is 0.167. The number of carbonyl (C=O) groups is 1. The van der Waals surface area contributed by atoms with E-state index < -0.39 is 0 Å². The van der Waals surface area contributed by atoms with Crippen LogP contribution in [0.5, 0.6) is 0 Å². The summed E-state index contributed by atoms with van der Waals surface area (Å²) < 4.78 is 0. The summed E-state index contributed by atoms with van der Waals surface area (Å²) in [7, 11) is 0. The van der Waals surface area contributed by atoms with E-state index in [1.807, 2.05) is 31.2 Å². The molecule has 1 nitrogen and oxygen atoms in total. The van der Waals surface area contributed by atoms with Gasteiger partial charge in [-0.2, -0.15) is 0 Å². The van der Waals surface area contributed by atoms with Gasteiger partial charge in [0.2, 0.25) is 0 Å². The second-order valence-corrected chi connectivity index (χ2v) is 4.80. The topological polar surface area (TPSA) is 17.1 Å². The van der Waals surface area contributed by atoms with E-state index in [0.29, 0.717) is 0 Å². The van der Waals surface area contributed by atoms with Crippen molar-refractivity contribution in [2.24, 2.45) is 0 Å². The van der Waals surface area contributed by atoms with E-state index in [2.05, 4.69) is 25.1 Å². The van der Waals surface area contributed by atoms with Crippen LogP contribution in [-0.4, -0.2) is 6.29 Å². The standard InChI is InChI=1S/C10H10O.C8H8/c1-9-4-6-10(7-5-9)3-2-8-11;1-6-3-2-4-7-5-8(6)7/h2-8H,1H3;2-4H,5H2,1H3/b3-2+;. The van der Waals surface area contributed by atoms with E-state index in [1.54, 1.807) is 17.2 Å². The van der Waals surface area contributed by atoms with Gasteiger partial charge in [-0.1, -0.05) is 54.1 Å². The van der Waals surface area contributed by atoms with E-state index >= 15 is 0 Å². The van der Waals surface area contributed by atoms with Gasteiger partial charge in [0.25, 0.3) is 0 Å². The van der Waals surface area contributed by atoms with Gasteiger partial charge in [0.05, 0.1) is 0 Å². The number of fused-ring (bicyclic) bond motifs is 1. The van der Waals surface area contributed by atoms with Crippen molar-refractivity contribution in [2.45, 2.75) is 20.3 Å². The van der Waals surface area contributed by atoms with Gasteiger partial charge >= 0.3 is 0 Å². The summed E-state index contributed by atoms with van der Waals surface area (Å²) in [4.78, 5) is 9.96. The van der Waals surface area contributed by atoms with Crippen LogP contribution in [0.2, 0.25) is 0 Å². The molecule has 0 spiro atoms. The Kier molecular flexibility index (Phi) is 4.30. The minimum atomic E-state index is 0.778. The number of aldehydes is 1. The van der Waals surface area contributed by atoms with Crippen LogP contribution in [0.15, 0.2) is 48.5 Å². The number of hydrogen-bond acceptors (Lipinski definition) is 1. The van der Waals surface area contributed by atoms with Gasteiger partial charge in [0.1, 0.15) is 6.29 Å². The lowest BCUT2D eigenvalue weighted by molar-refractivity contribution is -0.104. The van der Waals surface area contributed by atoms with Gasteiger partial charge < -0.3 is 0 Å². The summed E-state index contributed by atoms with van der Waals surface area (Å²) in [6.45, 7) is 4.21. The Morgan fingerprint density at radius 3 is 2.32 bits per heavy atom. The average Bonchev–Trinajstić information content (AvgIpc) is 3.20. The van der Waals surface area contributed by atoms with Gasteiger partial charge in [-0.25, -0.2) is 0 Å². The van der Waals surface area contributed by atoms with Crippen LogP contribution in [0, 0.1) is 13.8 Å². The van der Waals surface area contributed by atoms with Crippen LogP contribution < -0.4 is 0 Å². The number of aryl methyl sites for hydroxylation is 2. The lowest BCUT2D eigenvalue weighted by Gasteiger charge is -1.92. The maximum atomic E-state index is 9.96. The van der Waals surface area contributed by atoms with E-state index in [-0.39, 0.29) is 0 Å². The zero-order valence-electron chi connectivity index (χ0n) is 11.4. The van der Waals surface area contributed by atoms with Crippen LogP contribution >= 0.6 is 0 Å². The molecule has 96 valence electrons. The highest BCUT2D eigenvalue weighted by Crippen LogP contribution is 2.29. The summed E-state index contributed by atoms with van der Waals surface area (Å²) in [6, 6.07) is 14.5. The molecular weight excluding hydrogens is 232 g/mol. The lowest BCUT2D eigenvalue weighted by atomic mass is 10.1. The Morgan fingerprint density at radius 1 is 1.00 bits per heavy atom. The first-order chi connectivity index (χ1) is 9.20. The molecule has 0 unspecified atom stereocenters. The van der Waals surface area contributed by atoms with Crippen molar-refractivity contribution < 1.29 is 4.79 Å². The molecule has 2 aromatic rings. The van der Waals surface area contributed by atoms with Crippen LogP contribution in [0.4, 0.5) is 0 Å². The third-order valence-corrected chi connectivity index (χ3v) is 3.19. The third kappa shape index (κ3) is 3.92. The highest BCUT2D eigenvalue weighted by molar-refractivity contribution is 5.73. The Bertz CT molecular complexity index is 592. The normalized spacial score (nSPS) is 11.5. The van der Waals surface area contributed by atoms with E-state index in [1.165, 1.54) is 23.6 Å². The molecule has 0 atom stereocenters. The molecule has 0 aliphatic heterocycles. The molecule has 1 aliphatic rings. The number of rotatable bonds is 2. The van der Waals surface area contributed by atoms with Crippen LogP contribution in [0.25, 0.3) is 6.08 Å². The predicted molar refractivity (Wildman–Crippen MR) is 80.3 cm³/mol. The summed E-state index contributed by atoms with van der Waals surface area (Å²) in [6.07, 6.45) is 5.30. The molecule has 0 N–H and O–H groups in total. The molecule has 19 heavy (non-hydrogen) atoms. The summed E-state index contributed by atoms with van der Waals surface area (Å²) in [5, 5.41) is 0. The quantitative estimate of drug-likeness (QED) is 0.494. The van der Waals surface area contributed by atoms with Crippen molar-refractivity contribution in [3.63, 3.8) is 0 Å². The molecule has 0 fully saturated rings. The molecule has 0 heterocycles. The van der Waals surface area contributed by atoms with Crippen LogP contribution in [-0.2, 0) is 11.2 Å². The predicted octanol–water partition coefficient (Wildman–Crippen LogP) is 4.11. The fourth-order valence-corrected chi connectivity index (χ4v) is 1.94. The lowest BCUT2D eigenvalue weighted by Crippen LogP contribution is -1.73. The summed E-state index contributed by atoms with van der Waals surface area (Å²) in [5.74, 6) is 0. The van der Waals surface area contributed by atoms with Gasteiger partial charge in [0, 0.05) is 0 Å². The molecule has 0 saturated heterocycles. The van der Waals surface area contributed by atoms with Crippen molar-refractivity contribution in [2.75, 3.05) is 0 Å². The van der Waals surface area contributed by atoms with Crippen molar-refractivity contribution in [3.05, 3.63) is 76.4 Å². The SMILES string of the molecule is Cc1ccc(/C=C/C=O)cc1.Cc1cccc2c1C2.